The number of pyridine rings is 1. The number of phenolic OH excluding ortho intramolecular Hbond substituents is 1. The summed E-state index contributed by atoms with van der Waals surface area (Å²) in [6, 6.07) is 9.07. The van der Waals surface area contributed by atoms with Crippen molar-refractivity contribution in [1.29, 1.82) is 0 Å². The van der Waals surface area contributed by atoms with Gasteiger partial charge in [-0.25, -0.2) is 4.98 Å². The summed E-state index contributed by atoms with van der Waals surface area (Å²) < 4.78 is 0. The highest BCUT2D eigenvalue weighted by molar-refractivity contribution is 6.29. The van der Waals surface area contributed by atoms with Gasteiger partial charge in [0.15, 0.2) is 0 Å². The van der Waals surface area contributed by atoms with Crippen molar-refractivity contribution in [3.8, 4) is 5.75 Å². The van der Waals surface area contributed by atoms with Crippen LogP contribution in [0.15, 0.2) is 42.6 Å². The van der Waals surface area contributed by atoms with Gasteiger partial charge in [0.25, 0.3) is 0 Å². The topological polar surface area (TPSA) is 88.2 Å². The highest BCUT2D eigenvalue weighted by Crippen LogP contribution is 2.14. The number of phenols is 1. The van der Waals surface area contributed by atoms with Crippen LogP contribution in [0.4, 0.5) is 5.69 Å². The molecule has 0 aliphatic rings. The van der Waals surface area contributed by atoms with E-state index in [1.54, 1.807) is 36.4 Å². The van der Waals surface area contributed by atoms with Crippen molar-refractivity contribution >= 4 is 23.2 Å². The number of nitrogens with zero attached hydrogens (tertiary/aromatic N) is 1. The van der Waals surface area contributed by atoms with E-state index in [0.29, 0.717) is 17.3 Å². The third-order valence-corrected chi connectivity index (χ3v) is 2.93. The number of hydrogen-bond acceptors (Lipinski definition) is 4. The van der Waals surface area contributed by atoms with Crippen molar-refractivity contribution in [1.82, 2.24) is 4.98 Å². The predicted molar refractivity (Wildman–Crippen MR) is 77.7 cm³/mol. The zero-order valence-electron chi connectivity index (χ0n) is 10.6. The number of anilines is 1. The number of halogens is 1. The van der Waals surface area contributed by atoms with Crippen LogP contribution in [0.3, 0.4) is 0 Å². The summed E-state index contributed by atoms with van der Waals surface area (Å²) in [7, 11) is 0. The Labute approximate surface area is 121 Å². The minimum absolute atomic E-state index is 0.179. The van der Waals surface area contributed by atoms with E-state index in [9.17, 15) is 9.90 Å². The van der Waals surface area contributed by atoms with Crippen molar-refractivity contribution in [3.05, 3.63) is 53.3 Å². The predicted octanol–water partition coefficient (Wildman–Crippen LogP) is 1.95. The summed E-state index contributed by atoms with van der Waals surface area (Å²) in [6.07, 6.45) is 1.88. The van der Waals surface area contributed by atoms with Crippen LogP contribution < -0.4 is 11.1 Å². The quantitative estimate of drug-likeness (QED) is 0.751. The maximum Gasteiger partial charge on any atom is 0.241 e. The Morgan fingerprint density at radius 1 is 1.35 bits per heavy atom. The van der Waals surface area contributed by atoms with Crippen molar-refractivity contribution in [2.45, 2.75) is 12.5 Å². The molecule has 0 radical (unpaired) electrons. The molecule has 0 fully saturated rings. The molecule has 0 bridgehead atoms. The van der Waals surface area contributed by atoms with Crippen molar-refractivity contribution < 1.29 is 9.90 Å². The van der Waals surface area contributed by atoms with Crippen LogP contribution in [0.5, 0.6) is 5.75 Å². The van der Waals surface area contributed by atoms with Crippen LogP contribution >= 0.6 is 11.6 Å². The lowest BCUT2D eigenvalue weighted by Crippen LogP contribution is -2.37. The number of nitrogens with one attached hydrogen (secondary N) is 1. The summed E-state index contributed by atoms with van der Waals surface area (Å²) in [5.74, 6) is -0.126. The van der Waals surface area contributed by atoms with E-state index in [1.807, 2.05) is 0 Å². The number of aromatic nitrogens is 1. The van der Waals surface area contributed by atoms with Crippen LogP contribution in [0.2, 0.25) is 5.15 Å². The third kappa shape index (κ3) is 3.94. The molecule has 1 aromatic carbocycles. The lowest BCUT2D eigenvalue weighted by molar-refractivity contribution is -0.117. The van der Waals surface area contributed by atoms with Gasteiger partial charge in [0.2, 0.25) is 5.91 Å². The van der Waals surface area contributed by atoms with Gasteiger partial charge in [-0.2, -0.15) is 0 Å². The van der Waals surface area contributed by atoms with Crippen LogP contribution in [0.25, 0.3) is 0 Å². The van der Waals surface area contributed by atoms with Gasteiger partial charge in [-0.15, -0.1) is 0 Å². The van der Waals surface area contributed by atoms with Gasteiger partial charge in [-0.3, -0.25) is 4.79 Å². The lowest BCUT2D eigenvalue weighted by atomic mass is 10.1. The normalized spacial score (nSPS) is 11.9. The molecule has 1 aromatic heterocycles. The summed E-state index contributed by atoms with van der Waals surface area (Å²) >= 11 is 5.74. The average Bonchev–Trinajstić information content (AvgIpc) is 2.41. The van der Waals surface area contributed by atoms with Gasteiger partial charge >= 0.3 is 0 Å². The molecule has 5 nitrogen and oxygen atoms in total. The summed E-state index contributed by atoms with van der Waals surface area (Å²) in [6.45, 7) is 0. The molecule has 1 heterocycles. The van der Waals surface area contributed by atoms with E-state index in [-0.39, 0.29) is 11.7 Å². The monoisotopic (exact) mass is 291 g/mol. The fourth-order valence-electron chi connectivity index (χ4n) is 1.69. The first-order valence-electron chi connectivity index (χ1n) is 6.00. The number of carbonyl (C=O) groups excluding carboxylic acids is 1. The lowest BCUT2D eigenvalue weighted by Gasteiger charge is -2.12. The largest absolute Gasteiger partial charge is 0.508 e. The molecule has 20 heavy (non-hydrogen) atoms. The molecular formula is C14H14ClN3O2. The first kappa shape index (κ1) is 14.3. The fraction of sp³-hybridized carbons (Fsp3) is 0.143. The molecule has 1 atom stereocenters. The fourth-order valence-corrected chi connectivity index (χ4v) is 1.87. The van der Waals surface area contributed by atoms with Gasteiger partial charge in [0.05, 0.1) is 6.04 Å². The summed E-state index contributed by atoms with van der Waals surface area (Å²) in [5.41, 5.74) is 7.28. The SMILES string of the molecule is NC(Cc1ccc(O)cc1)C(=O)Nc1ccnc(Cl)c1. The molecule has 0 spiro atoms. The Balaban J connectivity index is 1.96. The number of aromatic hydroxyl groups is 1. The highest BCUT2D eigenvalue weighted by atomic mass is 35.5. The maximum atomic E-state index is 11.9. The molecule has 6 heteroatoms. The third-order valence-electron chi connectivity index (χ3n) is 2.72. The molecule has 0 aliphatic carbocycles. The summed E-state index contributed by atoms with van der Waals surface area (Å²) in [4.78, 5) is 15.8. The first-order chi connectivity index (χ1) is 9.54. The number of carbonyl (C=O) groups is 1. The highest BCUT2D eigenvalue weighted by Gasteiger charge is 2.14. The van der Waals surface area contributed by atoms with Crippen LogP contribution in [0, 0.1) is 0 Å². The number of benzene rings is 1. The molecule has 0 saturated heterocycles. The Morgan fingerprint density at radius 3 is 2.70 bits per heavy atom. The second-order valence-corrected chi connectivity index (χ2v) is 4.72. The van der Waals surface area contributed by atoms with Gasteiger partial charge in [0, 0.05) is 11.9 Å². The van der Waals surface area contributed by atoms with Crippen LogP contribution in [-0.4, -0.2) is 22.0 Å². The second kappa shape index (κ2) is 6.36. The molecule has 2 rings (SSSR count). The van der Waals surface area contributed by atoms with Gasteiger partial charge in [-0.05, 0) is 36.2 Å². The standard InChI is InChI=1S/C14H14ClN3O2/c15-13-8-10(5-6-17-13)18-14(20)12(16)7-9-1-3-11(19)4-2-9/h1-6,8,12,19H,7,16H2,(H,17,18,20). The Kier molecular flexibility index (Phi) is 4.55. The van der Waals surface area contributed by atoms with E-state index in [0.717, 1.165) is 5.56 Å². The van der Waals surface area contributed by atoms with E-state index in [4.69, 9.17) is 17.3 Å². The zero-order chi connectivity index (χ0) is 14.5. The van der Waals surface area contributed by atoms with Gasteiger partial charge in [-0.1, -0.05) is 23.7 Å². The molecule has 0 saturated carbocycles. The van der Waals surface area contributed by atoms with Crippen molar-refractivity contribution in [2.24, 2.45) is 5.73 Å². The number of nitrogens with two attached hydrogens (primary N) is 1. The van der Waals surface area contributed by atoms with Gasteiger partial charge in [0.1, 0.15) is 10.9 Å². The van der Waals surface area contributed by atoms with E-state index >= 15 is 0 Å². The van der Waals surface area contributed by atoms with E-state index in [1.165, 1.54) is 6.20 Å². The Hall–Kier alpha value is -2.11. The molecular weight excluding hydrogens is 278 g/mol. The van der Waals surface area contributed by atoms with Crippen LogP contribution in [-0.2, 0) is 11.2 Å². The minimum atomic E-state index is -0.688. The minimum Gasteiger partial charge on any atom is -0.508 e. The van der Waals surface area contributed by atoms with E-state index < -0.39 is 6.04 Å². The van der Waals surface area contributed by atoms with Crippen LogP contribution in [0.1, 0.15) is 5.56 Å². The Bertz CT molecular complexity index is 602. The summed E-state index contributed by atoms with van der Waals surface area (Å²) in [5, 5.41) is 12.2. The van der Waals surface area contributed by atoms with E-state index in [2.05, 4.69) is 10.3 Å². The van der Waals surface area contributed by atoms with Crippen molar-refractivity contribution in [3.63, 3.8) is 0 Å². The first-order valence-corrected chi connectivity index (χ1v) is 6.38. The molecule has 1 amide bonds. The Morgan fingerprint density at radius 2 is 2.05 bits per heavy atom. The maximum absolute atomic E-state index is 11.9. The average molecular weight is 292 g/mol. The smallest absolute Gasteiger partial charge is 0.241 e. The number of hydrogen-bond donors (Lipinski definition) is 3. The second-order valence-electron chi connectivity index (χ2n) is 4.33. The molecule has 1 unspecified atom stereocenters. The number of rotatable bonds is 4. The molecule has 104 valence electrons. The zero-order valence-corrected chi connectivity index (χ0v) is 11.3. The molecule has 2 aromatic rings. The molecule has 0 aliphatic heterocycles. The molecule has 4 N–H and O–H groups in total. The van der Waals surface area contributed by atoms with Crippen molar-refractivity contribution in [2.75, 3.05) is 5.32 Å². The number of amides is 1. The van der Waals surface area contributed by atoms with Gasteiger partial charge < -0.3 is 16.2 Å².